The first-order valence-electron chi connectivity index (χ1n) is 6.74. The van der Waals surface area contributed by atoms with Crippen LogP contribution in [0.2, 0.25) is 3.72 Å². The van der Waals surface area contributed by atoms with Gasteiger partial charge in [0.15, 0.2) is 0 Å². The Bertz CT molecular complexity index is 298. The summed E-state index contributed by atoms with van der Waals surface area (Å²) in [5, 5.41) is 0. The Morgan fingerprint density at radius 3 is 1.50 bits per heavy atom. The van der Waals surface area contributed by atoms with Crippen molar-refractivity contribution in [2.75, 3.05) is 42.3 Å². The minimum atomic E-state index is -2.57. The van der Waals surface area contributed by atoms with Gasteiger partial charge in [0.1, 0.15) is 0 Å². The second-order valence-electron chi connectivity index (χ2n) is 5.83. The van der Waals surface area contributed by atoms with Gasteiger partial charge >= 0.3 is 118 Å². The molecule has 0 unspecified atom stereocenters. The third-order valence-corrected chi connectivity index (χ3v) is 12.8. The van der Waals surface area contributed by atoms with Gasteiger partial charge in [-0.15, -0.1) is 0 Å². The van der Waals surface area contributed by atoms with Gasteiger partial charge in [-0.25, -0.2) is 0 Å². The quantitative estimate of drug-likeness (QED) is 0.695. The van der Waals surface area contributed by atoms with E-state index in [4.69, 9.17) is 0 Å². The molecule has 1 rings (SSSR count). The fraction of sp³-hybridized carbons (Fsp3) is 0.714. The molecule has 0 radical (unpaired) electrons. The molecule has 1 aliphatic carbocycles. The van der Waals surface area contributed by atoms with Crippen molar-refractivity contribution in [1.82, 2.24) is 10.1 Å². The van der Waals surface area contributed by atoms with Gasteiger partial charge in [0.05, 0.1) is 0 Å². The number of nitrogens with zero attached hydrogens (tertiary/aromatic N) is 3. The summed E-state index contributed by atoms with van der Waals surface area (Å²) in [4.78, 5) is 0. The SMILES string of the molecule is CCC[C]1([Ti]([N](C)C)([N](C)C)[N](C)C)C=CC=C1. The van der Waals surface area contributed by atoms with Gasteiger partial charge in [-0.1, -0.05) is 0 Å². The predicted octanol–water partition coefficient (Wildman–Crippen LogP) is 2.65. The molecule has 18 heavy (non-hydrogen) atoms. The Kier molecular flexibility index (Phi) is 5.39. The molecule has 0 fully saturated rings. The third kappa shape index (κ3) is 2.27. The van der Waals surface area contributed by atoms with Crippen molar-refractivity contribution in [2.45, 2.75) is 23.5 Å². The maximum atomic E-state index is 2.51. The molecule has 1 aliphatic rings. The van der Waals surface area contributed by atoms with Crippen LogP contribution >= 0.6 is 0 Å². The van der Waals surface area contributed by atoms with Crippen LogP contribution in [0, 0.1) is 0 Å². The Balaban J connectivity index is 3.40. The van der Waals surface area contributed by atoms with Crippen LogP contribution in [0.15, 0.2) is 24.3 Å². The first kappa shape index (κ1) is 16.1. The maximum absolute atomic E-state index is 2.57. The number of hydrogen-bond donors (Lipinski definition) is 0. The van der Waals surface area contributed by atoms with Crippen molar-refractivity contribution >= 4 is 0 Å². The van der Waals surface area contributed by atoms with E-state index in [1.807, 2.05) is 0 Å². The van der Waals surface area contributed by atoms with E-state index in [0.29, 0.717) is 0 Å². The van der Waals surface area contributed by atoms with Crippen molar-refractivity contribution in [3.05, 3.63) is 24.3 Å². The van der Waals surface area contributed by atoms with E-state index in [1.165, 1.54) is 12.8 Å². The van der Waals surface area contributed by atoms with Gasteiger partial charge in [-0.2, -0.15) is 0 Å². The summed E-state index contributed by atoms with van der Waals surface area (Å²) in [6.45, 7) is 2.29. The number of hydrogen-bond acceptors (Lipinski definition) is 3. The molecular weight excluding hydrogens is 258 g/mol. The topological polar surface area (TPSA) is 9.72 Å². The van der Waals surface area contributed by atoms with Gasteiger partial charge in [0, 0.05) is 0 Å². The average molecular weight is 287 g/mol. The molecule has 0 N–H and O–H groups in total. The molecule has 104 valence electrons. The molecule has 0 aromatic carbocycles. The Morgan fingerprint density at radius 2 is 1.22 bits per heavy atom. The van der Waals surface area contributed by atoms with Crippen LogP contribution in [0.3, 0.4) is 0 Å². The monoisotopic (exact) mass is 287 g/mol. The van der Waals surface area contributed by atoms with Gasteiger partial charge in [-0.05, 0) is 0 Å². The van der Waals surface area contributed by atoms with Gasteiger partial charge in [0.2, 0.25) is 0 Å². The molecule has 0 heterocycles. The zero-order valence-corrected chi connectivity index (χ0v) is 14.6. The summed E-state index contributed by atoms with van der Waals surface area (Å²) in [5.74, 6) is 0. The van der Waals surface area contributed by atoms with Gasteiger partial charge in [-0.3, -0.25) is 0 Å². The van der Waals surface area contributed by atoms with E-state index >= 15 is 0 Å². The summed E-state index contributed by atoms with van der Waals surface area (Å²) >= 11 is -2.57. The molecule has 3 nitrogen and oxygen atoms in total. The van der Waals surface area contributed by atoms with E-state index in [1.54, 1.807) is 0 Å². The van der Waals surface area contributed by atoms with Crippen LogP contribution < -0.4 is 0 Å². The molecular formula is C14H29N3Ti. The molecule has 0 amide bonds. The zero-order valence-electron chi connectivity index (χ0n) is 13.1. The van der Waals surface area contributed by atoms with Crippen LogP contribution in [0.5, 0.6) is 0 Å². The van der Waals surface area contributed by atoms with Crippen LogP contribution in [0.1, 0.15) is 19.8 Å². The summed E-state index contributed by atoms with van der Waals surface area (Å²) < 4.78 is 7.76. The molecule has 0 spiro atoms. The van der Waals surface area contributed by atoms with Crippen LogP contribution in [0.4, 0.5) is 0 Å². The van der Waals surface area contributed by atoms with E-state index in [0.717, 1.165) is 0 Å². The molecule has 0 atom stereocenters. The standard InChI is InChI=1S/C8H11.3C2H6N.Ti/c1-2-5-8-6-3-4-7-8;3*1-3-2;/h3-4,6-7H,2,5H2,1H3;3*1-2H3;/q;3*-1;+3. The second kappa shape index (κ2) is 6.02. The minimum absolute atomic E-state index is 0.227. The molecule has 0 saturated heterocycles. The Hall–Kier alpha value is 0.0743. The van der Waals surface area contributed by atoms with Crippen molar-refractivity contribution in [3.8, 4) is 0 Å². The molecule has 0 aliphatic heterocycles. The summed E-state index contributed by atoms with van der Waals surface area (Å²) in [6.07, 6.45) is 11.8. The molecule has 0 saturated carbocycles. The molecule has 0 aromatic rings. The fourth-order valence-corrected chi connectivity index (χ4v) is 13.5. The fourth-order valence-electron chi connectivity index (χ4n) is 3.93. The normalized spacial score (nSPS) is 18.6. The van der Waals surface area contributed by atoms with Crippen molar-refractivity contribution in [3.63, 3.8) is 0 Å². The van der Waals surface area contributed by atoms with E-state index < -0.39 is 17.4 Å². The Labute approximate surface area is 117 Å². The van der Waals surface area contributed by atoms with Crippen LogP contribution in [0.25, 0.3) is 0 Å². The average Bonchev–Trinajstić information content (AvgIpc) is 2.66. The summed E-state index contributed by atoms with van der Waals surface area (Å²) in [7, 11) is 13.5. The third-order valence-electron chi connectivity index (χ3n) is 4.06. The van der Waals surface area contributed by atoms with Crippen LogP contribution in [-0.4, -0.2) is 52.4 Å². The van der Waals surface area contributed by atoms with E-state index in [9.17, 15) is 0 Å². The van der Waals surface area contributed by atoms with E-state index in [-0.39, 0.29) is 3.72 Å². The number of allylic oxidation sites excluding steroid dienone is 4. The van der Waals surface area contributed by atoms with Gasteiger partial charge < -0.3 is 0 Å². The molecule has 0 aromatic heterocycles. The van der Waals surface area contributed by atoms with E-state index in [2.05, 4.69) is 83.7 Å². The molecule has 0 bridgehead atoms. The number of rotatable bonds is 6. The first-order chi connectivity index (χ1) is 8.35. The predicted molar refractivity (Wildman–Crippen MR) is 76.9 cm³/mol. The van der Waals surface area contributed by atoms with Crippen molar-refractivity contribution in [1.29, 1.82) is 0 Å². The second-order valence-corrected chi connectivity index (χ2v) is 13.5. The first-order valence-corrected chi connectivity index (χ1v) is 9.62. The zero-order chi connectivity index (χ0) is 14.0. The van der Waals surface area contributed by atoms with Crippen molar-refractivity contribution in [2.24, 2.45) is 0 Å². The summed E-state index contributed by atoms with van der Waals surface area (Å²) in [6, 6.07) is 0. The summed E-state index contributed by atoms with van der Waals surface area (Å²) in [5.41, 5.74) is 0. The molecule has 4 heteroatoms. The Morgan fingerprint density at radius 1 is 0.833 bits per heavy atom. The van der Waals surface area contributed by atoms with Crippen molar-refractivity contribution < 1.29 is 17.4 Å². The van der Waals surface area contributed by atoms with Crippen LogP contribution in [-0.2, 0) is 17.4 Å². The van der Waals surface area contributed by atoms with Gasteiger partial charge in [0.25, 0.3) is 0 Å².